The Bertz CT molecular complexity index is 691. The molecule has 23 heavy (non-hydrogen) atoms. The highest BCUT2D eigenvalue weighted by Crippen LogP contribution is 2.36. The highest BCUT2D eigenvalue weighted by molar-refractivity contribution is 9.11. The van der Waals surface area contributed by atoms with Crippen molar-refractivity contribution < 1.29 is 14.3 Å². The molecule has 2 aromatic rings. The zero-order valence-corrected chi connectivity index (χ0v) is 16.8. The van der Waals surface area contributed by atoms with E-state index in [1.807, 2.05) is 30.3 Å². The first kappa shape index (κ1) is 18.2. The van der Waals surface area contributed by atoms with Crippen molar-refractivity contribution in [3.63, 3.8) is 0 Å². The number of carbonyl (C=O) groups is 1. The summed E-state index contributed by atoms with van der Waals surface area (Å²) >= 11 is 10.1. The zero-order valence-electron chi connectivity index (χ0n) is 12.0. The summed E-state index contributed by atoms with van der Waals surface area (Å²) in [6.07, 6.45) is 0.388. The molecule has 120 valence electrons. The topological polar surface area (TPSA) is 35.5 Å². The summed E-state index contributed by atoms with van der Waals surface area (Å²) < 4.78 is 13.1. The fraction of sp³-hybridized carbons (Fsp3) is 0.118. The van der Waals surface area contributed by atoms with E-state index in [9.17, 15) is 4.79 Å². The van der Waals surface area contributed by atoms with Gasteiger partial charge in [0.1, 0.15) is 5.75 Å². The van der Waals surface area contributed by atoms with E-state index in [4.69, 9.17) is 9.47 Å². The Labute approximate surface area is 160 Å². The molecule has 2 rings (SSSR count). The predicted molar refractivity (Wildman–Crippen MR) is 101 cm³/mol. The van der Waals surface area contributed by atoms with Crippen molar-refractivity contribution in [3.8, 4) is 11.5 Å². The Hall–Kier alpha value is -1.11. The lowest BCUT2D eigenvalue weighted by molar-refractivity contribution is -0.130. The Kier molecular flexibility index (Phi) is 6.87. The number of carbonyl (C=O) groups excluding carboxylic acids is 1. The molecule has 2 aromatic carbocycles. The molecule has 0 saturated heterocycles. The van der Waals surface area contributed by atoms with Gasteiger partial charge in [-0.15, -0.1) is 0 Å². The molecule has 0 radical (unpaired) electrons. The van der Waals surface area contributed by atoms with Crippen LogP contribution in [-0.4, -0.2) is 12.6 Å². The van der Waals surface area contributed by atoms with E-state index < -0.39 is 5.97 Å². The second-order valence-corrected chi connectivity index (χ2v) is 7.23. The first-order valence-corrected chi connectivity index (χ1v) is 9.07. The van der Waals surface area contributed by atoms with E-state index in [1.54, 1.807) is 12.1 Å². The Balaban J connectivity index is 1.89. The van der Waals surface area contributed by atoms with Gasteiger partial charge in [-0.2, -0.15) is 0 Å². The lowest BCUT2D eigenvalue weighted by Crippen LogP contribution is -2.13. The molecule has 0 bridgehead atoms. The molecule has 0 N–H and O–H groups in total. The fourth-order valence-electron chi connectivity index (χ4n) is 1.70. The van der Waals surface area contributed by atoms with Crippen molar-refractivity contribution in [2.45, 2.75) is 6.42 Å². The van der Waals surface area contributed by atoms with Crippen molar-refractivity contribution in [1.82, 2.24) is 0 Å². The van der Waals surface area contributed by atoms with Gasteiger partial charge in [0.15, 0.2) is 5.75 Å². The highest BCUT2D eigenvalue weighted by atomic mass is 79.9. The van der Waals surface area contributed by atoms with Crippen LogP contribution < -0.4 is 9.47 Å². The molecule has 3 nitrogen and oxygen atoms in total. The molecule has 0 aliphatic heterocycles. The van der Waals surface area contributed by atoms with Crippen LogP contribution in [0.1, 0.15) is 6.42 Å². The largest absolute Gasteiger partial charge is 0.493 e. The number of hydrogen-bond acceptors (Lipinski definition) is 3. The van der Waals surface area contributed by atoms with E-state index in [-0.39, 0.29) is 0 Å². The number of benzene rings is 2. The predicted octanol–water partition coefficient (Wildman–Crippen LogP) is 5.90. The average Bonchev–Trinajstić information content (AvgIpc) is 2.51. The van der Waals surface area contributed by atoms with E-state index in [0.717, 1.165) is 10.2 Å². The normalized spacial score (nSPS) is 10.2. The van der Waals surface area contributed by atoms with Crippen molar-refractivity contribution in [2.24, 2.45) is 0 Å². The minimum atomic E-state index is -0.481. The van der Waals surface area contributed by atoms with E-state index >= 15 is 0 Å². The highest BCUT2D eigenvalue weighted by Gasteiger charge is 2.15. The fourth-order valence-corrected chi connectivity index (χ4v) is 4.12. The second kappa shape index (κ2) is 8.66. The SMILES string of the molecule is C=C(CCOc1ccccc1)C(=O)Oc1c(Br)cc(Br)cc1Br. The van der Waals surface area contributed by atoms with Crippen LogP contribution in [0.3, 0.4) is 0 Å². The molecule has 0 spiro atoms. The number of ether oxygens (including phenoxy) is 2. The number of rotatable bonds is 6. The third-order valence-electron chi connectivity index (χ3n) is 2.86. The van der Waals surface area contributed by atoms with Gasteiger partial charge >= 0.3 is 5.97 Å². The molecule has 0 unspecified atom stereocenters. The van der Waals surface area contributed by atoms with Crippen LogP contribution >= 0.6 is 47.8 Å². The van der Waals surface area contributed by atoms with Gasteiger partial charge < -0.3 is 9.47 Å². The number of hydrogen-bond donors (Lipinski definition) is 0. The molecule has 0 aliphatic carbocycles. The third-order valence-corrected chi connectivity index (χ3v) is 4.50. The summed E-state index contributed by atoms with van der Waals surface area (Å²) in [5.74, 6) is 0.695. The molecule has 0 saturated carbocycles. The summed E-state index contributed by atoms with van der Waals surface area (Å²) in [5, 5.41) is 0. The standard InChI is InChI=1S/C17H13Br3O3/c1-11(7-8-22-13-5-3-2-4-6-13)17(21)23-16-14(19)9-12(18)10-15(16)20/h2-6,9-10H,1,7-8H2. The van der Waals surface area contributed by atoms with Gasteiger partial charge in [0.25, 0.3) is 0 Å². The van der Waals surface area contributed by atoms with Gasteiger partial charge in [-0.3, -0.25) is 0 Å². The molecular formula is C17H13Br3O3. The van der Waals surface area contributed by atoms with Gasteiger partial charge in [0.2, 0.25) is 0 Å². The number of halogens is 3. The quantitative estimate of drug-likeness (QED) is 0.279. The van der Waals surface area contributed by atoms with Crippen LogP contribution in [0.15, 0.2) is 68.0 Å². The molecule has 6 heteroatoms. The number of esters is 1. The summed E-state index contributed by atoms with van der Waals surface area (Å²) in [7, 11) is 0. The van der Waals surface area contributed by atoms with Crippen molar-refractivity contribution >= 4 is 53.8 Å². The molecular weight excluding hydrogens is 492 g/mol. The monoisotopic (exact) mass is 502 g/mol. The second-order valence-electron chi connectivity index (χ2n) is 4.60. The summed E-state index contributed by atoms with van der Waals surface area (Å²) in [6, 6.07) is 13.0. The lowest BCUT2D eigenvalue weighted by atomic mass is 10.2. The van der Waals surface area contributed by atoms with Gasteiger partial charge in [-0.05, 0) is 56.1 Å². The van der Waals surface area contributed by atoms with Gasteiger partial charge in [-0.1, -0.05) is 40.7 Å². The zero-order chi connectivity index (χ0) is 16.8. The molecule has 0 amide bonds. The maximum Gasteiger partial charge on any atom is 0.339 e. The lowest BCUT2D eigenvalue weighted by Gasteiger charge is -2.11. The van der Waals surface area contributed by atoms with Crippen LogP contribution in [0.25, 0.3) is 0 Å². The van der Waals surface area contributed by atoms with Crippen LogP contribution in [0, 0.1) is 0 Å². The third kappa shape index (κ3) is 5.48. The minimum Gasteiger partial charge on any atom is -0.493 e. The molecule has 0 atom stereocenters. The van der Waals surface area contributed by atoms with Crippen molar-refractivity contribution in [1.29, 1.82) is 0 Å². The van der Waals surface area contributed by atoms with Gasteiger partial charge in [0, 0.05) is 16.5 Å². The van der Waals surface area contributed by atoms with Gasteiger partial charge in [-0.25, -0.2) is 4.79 Å². The number of para-hydroxylation sites is 1. The van der Waals surface area contributed by atoms with E-state index in [1.165, 1.54) is 0 Å². The maximum absolute atomic E-state index is 12.1. The van der Waals surface area contributed by atoms with Crippen LogP contribution in [0.4, 0.5) is 0 Å². The maximum atomic E-state index is 12.1. The average molecular weight is 505 g/mol. The summed E-state index contributed by atoms with van der Waals surface area (Å²) in [4.78, 5) is 12.1. The molecule has 0 fully saturated rings. The van der Waals surface area contributed by atoms with Crippen LogP contribution in [-0.2, 0) is 4.79 Å². The smallest absolute Gasteiger partial charge is 0.339 e. The van der Waals surface area contributed by atoms with Crippen LogP contribution in [0.2, 0.25) is 0 Å². The first-order valence-electron chi connectivity index (χ1n) is 6.69. The Morgan fingerprint density at radius 2 is 1.65 bits per heavy atom. The molecule has 0 aliphatic rings. The van der Waals surface area contributed by atoms with E-state index in [2.05, 4.69) is 54.4 Å². The van der Waals surface area contributed by atoms with Crippen molar-refractivity contribution in [2.75, 3.05) is 6.61 Å². The summed E-state index contributed by atoms with van der Waals surface area (Å²) in [5.41, 5.74) is 0.350. The Morgan fingerprint density at radius 1 is 1.04 bits per heavy atom. The minimum absolute atomic E-state index is 0.350. The Morgan fingerprint density at radius 3 is 2.26 bits per heavy atom. The first-order chi connectivity index (χ1) is 11.0. The van der Waals surface area contributed by atoms with Crippen LogP contribution in [0.5, 0.6) is 11.5 Å². The summed E-state index contributed by atoms with van der Waals surface area (Å²) in [6.45, 7) is 4.13. The molecule has 0 aromatic heterocycles. The van der Waals surface area contributed by atoms with Gasteiger partial charge in [0.05, 0.1) is 15.6 Å². The molecule has 0 heterocycles. The van der Waals surface area contributed by atoms with E-state index in [0.29, 0.717) is 33.3 Å². The van der Waals surface area contributed by atoms with Crippen molar-refractivity contribution in [3.05, 3.63) is 68.0 Å².